The molecule has 0 aliphatic heterocycles. The van der Waals surface area contributed by atoms with Gasteiger partial charge in [-0.2, -0.15) is 8.42 Å². The van der Waals surface area contributed by atoms with Crippen LogP contribution in [-0.2, 0) is 19.7 Å². The van der Waals surface area contributed by atoms with E-state index in [2.05, 4.69) is 5.32 Å². The highest BCUT2D eigenvalue weighted by Gasteiger charge is 2.26. The first-order chi connectivity index (χ1) is 8.47. The van der Waals surface area contributed by atoms with Crippen molar-refractivity contribution < 1.29 is 22.6 Å². The number of nitrogens with two attached hydrogens (primary N) is 1. The van der Waals surface area contributed by atoms with Crippen molar-refractivity contribution in [3.63, 3.8) is 0 Å². The van der Waals surface area contributed by atoms with Gasteiger partial charge in [0.05, 0.1) is 17.2 Å². The quantitative estimate of drug-likeness (QED) is 0.444. The van der Waals surface area contributed by atoms with Gasteiger partial charge >= 0.3 is 0 Å². The molecular formula is C11H20N2O5S. The summed E-state index contributed by atoms with van der Waals surface area (Å²) < 4.78 is 30.2. The Kier molecular flexibility index (Phi) is 6.17. The van der Waals surface area contributed by atoms with Crippen LogP contribution in [0.1, 0.15) is 27.2 Å². The first-order valence-electron chi connectivity index (χ1n) is 5.71. The molecule has 0 radical (unpaired) electrons. The molecular weight excluding hydrogens is 272 g/mol. The highest BCUT2D eigenvalue weighted by molar-refractivity contribution is 7.85. The van der Waals surface area contributed by atoms with Crippen molar-refractivity contribution in [3.05, 3.63) is 12.2 Å². The summed E-state index contributed by atoms with van der Waals surface area (Å²) in [5.41, 5.74) is 3.99. The van der Waals surface area contributed by atoms with E-state index in [0.717, 1.165) is 6.08 Å². The maximum atomic E-state index is 11.6. The monoisotopic (exact) mass is 292 g/mol. The van der Waals surface area contributed by atoms with Crippen molar-refractivity contribution in [3.8, 4) is 0 Å². The minimum Gasteiger partial charge on any atom is -0.369 e. The molecule has 19 heavy (non-hydrogen) atoms. The molecule has 8 heteroatoms. The van der Waals surface area contributed by atoms with Gasteiger partial charge in [-0.3, -0.25) is 14.1 Å². The second kappa shape index (κ2) is 6.67. The van der Waals surface area contributed by atoms with Gasteiger partial charge in [0.2, 0.25) is 11.8 Å². The van der Waals surface area contributed by atoms with Crippen molar-refractivity contribution >= 4 is 21.9 Å². The van der Waals surface area contributed by atoms with E-state index in [1.54, 1.807) is 6.92 Å². The number of nitrogens with one attached hydrogen (secondary N) is 1. The second-order valence-electron chi connectivity index (χ2n) is 4.88. The molecule has 0 saturated carbocycles. The van der Waals surface area contributed by atoms with Crippen LogP contribution in [0.4, 0.5) is 0 Å². The Labute approximate surface area is 113 Å². The lowest BCUT2D eigenvalue weighted by molar-refractivity contribution is -0.120. The van der Waals surface area contributed by atoms with E-state index >= 15 is 0 Å². The van der Waals surface area contributed by atoms with E-state index in [0.29, 0.717) is 6.42 Å². The van der Waals surface area contributed by atoms with Gasteiger partial charge in [-0.15, -0.1) is 0 Å². The zero-order valence-electron chi connectivity index (χ0n) is 11.2. The fourth-order valence-electron chi connectivity index (χ4n) is 1.50. The lowest BCUT2D eigenvalue weighted by atomic mass is 10.1. The van der Waals surface area contributed by atoms with Crippen LogP contribution in [0, 0.1) is 5.92 Å². The van der Waals surface area contributed by atoms with Gasteiger partial charge in [0.15, 0.2) is 0 Å². The largest absolute Gasteiger partial charge is 0.369 e. The first kappa shape index (κ1) is 17.6. The number of carbonyl (C=O) groups excluding carboxylic acids is 2. The maximum absolute atomic E-state index is 11.6. The van der Waals surface area contributed by atoms with Crippen LogP contribution in [0.3, 0.4) is 0 Å². The molecule has 0 aliphatic rings. The number of hydrogen-bond acceptors (Lipinski definition) is 4. The van der Waals surface area contributed by atoms with Gasteiger partial charge in [0.25, 0.3) is 10.1 Å². The Bertz CT molecular complexity index is 467. The van der Waals surface area contributed by atoms with E-state index in [9.17, 15) is 18.0 Å². The van der Waals surface area contributed by atoms with Crippen molar-refractivity contribution in [2.45, 2.75) is 32.7 Å². The molecule has 0 rings (SSSR count). The molecule has 1 unspecified atom stereocenters. The summed E-state index contributed by atoms with van der Waals surface area (Å²) in [7, 11) is -4.19. The standard InChI is InChI=1S/C11H20N2O5S/c1-4-8(10(12)15)5-6-9(14)13-11(2,3)7-19(16,17)18/h5-6,8H,4,7H2,1-3H3,(H2,12,15)(H,13,14)(H,16,17,18)/b6-5+. The van der Waals surface area contributed by atoms with Crippen LogP contribution in [-0.4, -0.2) is 36.1 Å². The van der Waals surface area contributed by atoms with E-state index in [1.807, 2.05) is 0 Å². The summed E-state index contributed by atoms with van der Waals surface area (Å²) in [5, 5.41) is 2.41. The van der Waals surface area contributed by atoms with E-state index in [4.69, 9.17) is 10.3 Å². The van der Waals surface area contributed by atoms with Gasteiger partial charge in [-0.05, 0) is 26.3 Å². The summed E-state index contributed by atoms with van der Waals surface area (Å²) in [6, 6.07) is 0. The topological polar surface area (TPSA) is 127 Å². The van der Waals surface area contributed by atoms with E-state index in [1.165, 1.54) is 19.9 Å². The number of primary amides is 1. The van der Waals surface area contributed by atoms with Crippen LogP contribution in [0.5, 0.6) is 0 Å². The van der Waals surface area contributed by atoms with Crippen molar-refractivity contribution in [1.82, 2.24) is 5.32 Å². The first-order valence-corrected chi connectivity index (χ1v) is 7.32. The number of amides is 2. The average Bonchev–Trinajstić information content (AvgIpc) is 2.12. The zero-order chi connectivity index (χ0) is 15.3. The smallest absolute Gasteiger partial charge is 0.267 e. The van der Waals surface area contributed by atoms with Gasteiger partial charge in [0, 0.05) is 0 Å². The van der Waals surface area contributed by atoms with Crippen molar-refractivity contribution in [2.75, 3.05) is 5.75 Å². The molecule has 110 valence electrons. The average molecular weight is 292 g/mol. The van der Waals surface area contributed by atoms with Crippen LogP contribution < -0.4 is 11.1 Å². The number of hydrogen-bond donors (Lipinski definition) is 3. The normalized spacial score (nSPS) is 14.3. The van der Waals surface area contributed by atoms with Crippen LogP contribution >= 0.6 is 0 Å². The van der Waals surface area contributed by atoms with Crippen molar-refractivity contribution in [1.29, 1.82) is 0 Å². The Morgan fingerprint density at radius 3 is 2.32 bits per heavy atom. The summed E-state index contributed by atoms with van der Waals surface area (Å²) in [6.07, 6.45) is 2.96. The molecule has 0 fully saturated rings. The van der Waals surface area contributed by atoms with E-state index in [-0.39, 0.29) is 0 Å². The summed E-state index contributed by atoms with van der Waals surface area (Å²) >= 11 is 0. The predicted octanol–water partition coefficient (Wildman–Crippen LogP) is -0.163. The van der Waals surface area contributed by atoms with Gasteiger partial charge in [0.1, 0.15) is 0 Å². The molecule has 0 spiro atoms. The molecule has 0 aromatic heterocycles. The minimum absolute atomic E-state index is 0.466. The molecule has 0 heterocycles. The number of rotatable bonds is 7. The molecule has 0 aliphatic carbocycles. The lowest BCUT2D eigenvalue weighted by Gasteiger charge is -2.23. The molecule has 0 aromatic carbocycles. The minimum atomic E-state index is -4.19. The SMILES string of the molecule is CCC(/C=C/C(=O)NC(C)(C)CS(=O)(=O)O)C(N)=O. The van der Waals surface area contributed by atoms with Gasteiger partial charge in [-0.1, -0.05) is 13.0 Å². The summed E-state index contributed by atoms with van der Waals surface area (Å²) in [6.45, 7) is 4.66. The Hall–Kier alpha value is -1.41. The van der Waals surface area contributed by atoms with Crippen LogP contribution in [0.15, 0.2) is 12.2 Å². The predicted molar refractivity (Wildman–Crippen MR) is 70.8 cm³/mol. The van der Waals surface area contributed by atoms with Crippen molar-refractivity contribution in [2.24, 2.45) is 11.7 Å². The Morgan fingerprint density at radius 1 is 1.42 bits per heavy atom. The van der Waals surface area contributed by atoms with Gasteiger partial charge in [-0.25, -0.2) is 0 Å². The van der Waals surface area contributed by atoms with Crippen LogP contribution in [0.25, 0.3) is 0 Å². The fourth-order valence-corrected chi connectivity index (χ4v) is 2.49. The second-order valence-corrected chi connectivity index (χ2v) is 6.33. The molecule has 7 nitrogen and oxygen atoms in total. The molecule has 0 bridgehead atoms. The molecule has 0 saturated heterocycles. The molecule has 1 atom stereocenters. The van der Waals surface area contributed by atoms with E-state index < -0.39 is 39.1 Å². The summed E-state index contributed by atoms with van der Waals surface area (Å²) in [5.74, 6) is -2.25. The maximum Gasteiger partial charge on any atom is 0.267 e. The highest BCUT2D eigenvalue weighted by Crippen LogP contribution is 2.07. The molecule has 0 aromatic rings. The number of carbonyl (C=O) groups is 2. The third-order valence-corrected chi connectivity index (χ3v) is 3.38. The Morgan fingerprint density at radius 2 is 1.95 bits per heavy atom. The third kappa shape index (κ3) is 8.33. The fraction of sp³-hybridized carbons (Fsp3) is 0.636. The lowest BCUT2D eigenvalue weighted by Crippen LogP contribution is -2.47. The molecule has 2 amide bonds. The highest BCUT2D eigenvalue weighted by atomic mass is 32.2. The Balaban J connectivity index is 4.62. The summed E-state index contributed by atoms with van der Waals surface area (Å²) in [4.78, 5) is 22.5. The van der Waals surface area contributed by atoms with Gasteiger partial charge < -0.3 is 11.1 Å². The zero-order valence-corrected chi connectivity index (χ0v) is 12.0. The third-order valence-electron chi connectivity index (χ3n) is 2.29. The molecule has 4 N–H and O–H groups in total. The van der Waals surface area contributed by atoms with Crippen LogP contribution in [0.2, 0.25) is 0 Å².